The van der Waals surface area contributed by atoms with E-state index in [9.17, 15) is 4.79 Å². The Balaban J connectivity index is 2.81. The smallest absolute Gasteiger partial charge is 0.337 e. The fourth-order valence-corrected chi connectivity index (χ4v) is 1.58. The van der Waals surface area contributed by atoms with E-state index in [4.69, 9.17) is 33.0 Å². The minimum atomic E-state index is -0.541. The van der Waals surface area contributed by atoms with Crippen molar-refractivity contribution in [3.8, 4) is 0 Å². The van der Waals surface area contributed by atoms with Gasteiger partial charge in [0.15, 0.2) is 0 Å². The molecule has 0 aromatic heterocycles. The molecule has 1 aromatic carbocycles. The number of hydrogen-bond acceptors (Lipinski definition) is 3. The Kier molecular flexibility index (Phi) is 5.32. The Labute approximate surface area is 110 Å². The Bertz CT molecular complexity index is 441. The van der Waals surface area contributed by atoms with E-state index in [0.29, 0.717) is 10.0 Å². The van der Waals surface area contributed by atoms with Crippen molar-refractivity contribution in [1.82, 2.24) is 0 Å². The number of carbonyl (C=O) groups excluding carboxylic acids is 1. The van der Waals surface area contributed by atoms with Gasteiger partial charge in [0.25, 0.3) is 0 Å². The molecule has 0 heterocycles. The lowest BCUT2D eigenvalue weighted by atomic mass is 10.1. The lowest BCUT2D eigenvalue weighted by Gasteiger charge is -2.06. The summed E-state index contributed by atoms with van der Waals surface area (Å²) in [7, 11) is 0. The third-order valence-electron chi connectivity index (χ3n) is 2.07. The summed E-state index contributed by atoms with van der Waals surface area (Å²) in [5, 5.41) is 9.84. The van der Waals surface area contributed by atoms with E-state index in [2.05, 4.69) is 0 Å². The van der Waals surface area contributed by atoms with E-state index in [1.54, 1.807) is 25.1 Å². The van der Waals surface area contributed by atoms with Crippen molar-refractivity contribution >= 4 is 29.2 Å². The molecule has 0 spiro atoms. The van der Waals surface area contributed by atoms with Crippen molar-refractivity contribution in [1.29, 1.82) is 0 Å². The van der Waals surface area contributed by atoms with Crippen LogP contribution in [0.15, 0.2) is 30.0 Å². The van der Waals surface area contributed by atoms with Gasteiger partial charge in [-0.25, -0.2) is 4.79 Å². The van der Waals surface area contributed by atoms with Gasteiger partial charge < -0.3 is 9.84 Å². The third kappa shape index (κ3) is 3.95. The molecule has 0 radical (unpaired) electrons. The number of hydrogen-bond donors (Lipinski definition) is 1. The Morgan fingerprint density at radius 3 is 2.65 bits per heavy atom. The maximum Gasteiger partial charge on any atom is 0.337 e. The topological polar surface area (TPSA) is 46.5 Å². The van der Waals surface area contributed by atoms with Gasteiger partial charge in [-0.1, -0.05) is 29.3 Å². The van der Waals surface area contributed by atoms with Gasteiger partial charge in [-0.3, -0.25) is 0 Å². The van der Waals surface area contributed by atoms with Crippen molar-refractivity contribution in [2.45, 2.75) is 13.3 Å². The molecular weight excluding hydrogens is 263 g/mol. The Morgan fingerprint density at radius 1 is 1.41 bits per heavy atom. The van der Waals surface area contributed by atoms with Crippen LogP contribution in [0.2, 0.25) is 10.0 Å². The van der Waals surface area contributed by atoms with Crippen molar-refractivity contribution in [2.24, 2.45) is 0 Å². The van der Waals surface area contributed by atoms with Crippen LogP contribution in [0.1, 0.15) is 12.5 Å². The number of carbonyl (C=O) groups is 1. The summed E-state index contributed by atoms with van der Waals surface area (Å²) in [6.07, 6.45) is 0.993. The lowest BCUT2D eigenvalue weighted by Crippen LogP contribution is -2.10. The molecule has 0 saturated heterocycles. The predicted molar refractivity (Wildman–Crippen MR) is 67.5 cm³/mol. The number of aliphatic hydroxyl groups excluding tert-OH is 1. The van der Waals surface area contributed by atoms with Crippen LogP contribution in [0.25, 0.3) is 0 Å². The van der Waals surface area contributed by atoms with Gasteiger partial charge in [0, 0.05) is 6.42 Å². The maximum atomic E-state index is 11.4. The van der Waals surface area contributed by atoms with Gasteiger partial charge >= 0.3 is 5.97 Å². The summed E-state index contributed by atoms with van der Waals surface area (Å²) in [5.74, 6) is -0.541. The Hall–Kier alpha value is -1.19. The van der Waals surface area contributed by atoms with E-state index < -0.39 is 5.97 Å². The van der Waals surface area contributed by atoms with Gasteiger partial charge in [-0.05, 0) is 24.6 Å². The molecular formula is C12H12Cl2O3. The van der Waals surface area contributed by atoms with Gasteiger partial charge in [0.1, 0.15) is 0 Å². The van der Waals surface area contributed by atoms with Crippen LogP contribution in [-0.2, 0) is 16.0 Å². The zero-order valence-electron chi connectivity index (χ0n) is 9.24. The molecule has 0 aliphatic heterocycles. The first-order chi connectivity index (χ1) is 8.08. The third-order valence-corrected chi connectivity index (χ3v) is 2.81. The SMILES string of the molecule is CCOC(=O)/C(=C/O)Cc1ccc(Cl)c(Cl)c1. The summed E-state index contributed by atoms with van der Waals surface area (Å²) >= 11 is 11.6. The highest BCUT2D eigenvalue weighted by Crippen LogP contribution is 2.23. The molecule has 1 aromatic rings. The highest BCUT2D eigenvalue weighted by molar-refractivity contribution is 6.42. The number of rotatable bonds is 4. The summed E-state index contributed by atoms with van der Waals surface area (Å²) in [5.41, 5.74) is 0.943. The highest BCUT2D eigenvalue weighted by Gasteiger charge is 2.12. The summed E-state index contributed by atoms with van der Waals surface area (Å²) < 4.78 is 4.79. The number of halogens is 2. The van der Waals surface area contributed by atoms with Gasteiger partial charge in [0.2, 0.25) is 0 Å². The lowest BCUT2D eigenvalue weighted by molar-refractivity contribution is -0.138. The Morgan fingerprint density at radius 2 is 2.12 bits per heavy atom. The second-order valence-corrected chi connectivity index (χ2v) is 4.11. The number of esters is 1. The van der Waals surface area contributed by atoms with Crippen LogP contribution in [-0.4, -0.2) is 17.7 Å². The van der Waals surface area contributed by atoms with Crippen molar-refractivity contribution in [3.05, 3.63) is 45.6 Å². The maximum absolute atomic E-state index is 11.4. The molecule has 1 rings (SSSR count). The molecule has 1 N–H and O–H groups in total. The van der Waals surface area contributed by atoms with Gasteiger partial charge in [-0.2, -0.15) is 0 Å². The molecule has 0 saturated carbocycles. The molecule has 3 nitrogen and oxygen atoms in total. The van der Waals surface area contributed by atoms with Crippen LogP contribution in [0.4, 0.5) is 0 Å². The molecule has 0 aliphatic carbocycles. The molecule has 0 amide bonds. The van der Waals surface area contributed by atoms with Crippen molar-refractivity contribution < 1.29 is 14.6 Å². The quantitative estimate of drug-likeness (QED) is 0.519. The van der Waals surface area contributed by atoms with E-state index in [0.717, 1.165) is 11.8 Å². The molecule has 92 valence electrons. The molecule has 0 aliphatic rings. The second-order valence-electron chi connectivity index (χ2n) is 3.30. The second kappa shape index (κ2) is 6.52. The zero-order valence-corrected chi connectivity index (χ0v) is 10.8. The minimum Gasteiger partial charge on any atom is -0.515 e. The monoisotopic (exact) mass is 274 g/mol. The van der Waals surface area contributed by atoms with E-state index >= 15 is 0 Å². The molecule has 0 unspecified atom stereocenters. The standard InChI is InChI=1S/C12H12Cl2O3/c1-2-17-12(16)9(7-15)5-8-3-4-10(13)11(14)6-8/h3-4,6-7,15H,2,5H2,1H3/b9-7+. The highest BCUT2D eigenvalue weighted by atomic mass is 35.5. The largest absolute Gasteiger partial charge is 0.515 e. The molecule has 0 bridgehead atoms. The minimum absolute atomic E-state index is 0.172. The normalized spacial score (nSPS) is 11.4. The number of benzene rings is 1. The van der Waals surface area contributed by atoms with Crippen LogP contribution in [0, 0.1) is 0 Å². The average molecular weight is 275 g/mol. The zero-order chi connectivity index (χ0) is 12.8. The predicted octanol–water partition coefficient (Wildman–Crippen LogP) is 3.54. The summed E-state index contributed by atoms with van der Waals surface area (Å²) in [6, 6.07) is 5.02. The molecule has 17 heavy (non-hydrogen) atoms. The van der Waals surface area contributed by atoms with E-state index in [1.807, 2.05) is 0 Å². The van der Waals surface area contributed by atoms with Crippen LogP contribution >= 0.6 is 23.2 Å². The molecule has 0 atom stereocenters. The summed E-state index contributed by atoms with van der Waals surface area (Å²) in [6.45, 7) is 1.96. The molecule has 0 fully saturated rings. The molecule has 5 heteroatoms. The number of ether oxygens (including phenoxy) is 1. The average Bonchev–Trinajstić information content (AvgIpc) is 2.30. The van der Waals surface area contributed by atoms with Crippen LogP contribution in [0.5, 0.6) is 0 Å². The first-order valence-electron chi connectivity index (χ1n) is 5.02. The number of aliphatic hydroxyl groups is 1. The fraction of sp³-hybridized carbons (Fsp3) is 0.250. The first kappa shape index (κ1) is 13.9. The van der Waals surface area contributed by atoms with E-state index in [1.165, 1.54) is 0 Å². The fourth-order valence-electron chi connectivity index (χ4n) is 1.26. The first-order valence-corrected chi connectivity index (χ1v) is 5.78. The van der Waals surface area contributed by atoms with Crippen molar-refractivity contribution in [2.75, 3.05) is 6.61 Å². The van der Waals surface area contributed by atoms with Gasteiger partial charge in [-0.15, -0.1) is 0 Å². The van der Waals surface area contributed by atoms with Crippen molar-refractivity contribution in [3.63, 3.8) is 0 Å². The van der Waals surface area contributed by atoms with E-state index in [-0.39, 0.29) is 18.6 Å². The van der Waals surface area contributed by atoms with Crippen LogP contribution in [0.3, 0.4) is 0 Å². The van der Waals surface area contributed by atoms with Gasteiger partial charge in [0.05, 0.1) is 28.5 Å². The van der Waals surface area contributed by atoms with Crippen LogP contribution < -0.4 is 0 Å². The summed E-state index contributed by atoms with van der Waals surface area (Å²) in [4.78, 5) is 11.4.